The molecule has 0 bridgehead atoms. The van der Waals surface area contributed by atoms with Gasteiger partial charge in [-0.2, -0.15) is 0 Å². The molecule has 0 N–H and O–H groups in total. The van der Waals surface area contributed by atoms with Crippen LogP contribution in [-0.2, 0) is 0 Å². The summed E-state index contributed by atoms with van der Waals surface area (Å²) in [6.07, 6.45) is 0. The van der Waals surface area contributed by atoms with Gasteiger partial charge in [0.25, 0.3) is 0 Å². The maximum absolute atomic E-state index is 10.4. The SMILES string of the molecule is [2H]c1c([2H])c([2H])c(N(c2c([2H])c([2H])c([2H])c([2H])c2[2H])c2c([2H])c([2H])c([2H])c(N(c3c([2H])c([2H])c([2H])c([2H])c3[2H])c3c([2H])c([2H])c([2H])c(N(c4c([2H])c([2H])c([2H])c([2H])c4[2H])c4c([2H])c([2H])c5c([2H])c([2H])c6c([2H])c7oc8c([2H])c([2H])c([2H])c([2H])c8c7c([2H])c6c5c4[2H])c3[2H])c2[2H])c([2H])c1[2H]. The Morgan fingerprint density at radius 3 is 1.15 bits per heavy atom. The van der Waals surface area contributed by atoms with Crippen LogP contribution < -0.4 is 14.7 Å². The maximum Gasteiger partial charge on any atom is 0.136 e. The number of nitrogens with zero attached hydrogens (tertiary/aromatic N) is 3. The van der Waals surface area contributed by atoms with Gasteiger partial charge in [-0.05, 0) is 136 Å². The number of para-hydroxylation sites is 5. The Hall–Kier alpha value is -8.08. The topological polar surface area (TPSA) is 22.9 Å². The standard InChI is InChI=1S/C56H39N3O/c1-5-17-42(18-6-1)57(43-19-7-2-8-20-43)46-25-15-26-47(36-46)58(44-21-9-3-10-22-44)48-27-16-28-49(37-48)59(45-23-11-4-12-24-45)50-34-33-40-31-32-41-35-56-54(39-53(41)52(40)38-50)51-29-13-14-30-55(51)60-56/h1-39H/i1D,2D,3D,4D,5D,6D,7D,8D,9D,10D,11D,12D,13D,14D,15D,16D,17D,18D,19D,20D,21D,22D,23D,24D,25D,26D,27D,28D,29D,30D,31D,32D,33D,34D,35D,36D,37D,38D,39D. The Kier molecular flexibility index (Phi) is 3.31. The van der Waals surface area contributed by atoms with E-state index in [1.807, 2.05) is 0 Å². The van der Waals surface area contributed by atoms with E-state index in [2.05, 4.69) is 0 Å². The third-order valence-corrected chi connectivity index (χ3v) is 8.59. The number of fused-ring (bicyclic) bond motifs is 6. The Morgan fingerprint density at radius 2 is 0.633 bits per heavy atom. The Morgan fingerprint density at radius 1 is 0.250 bits per heavy atom. The zero-order chi connectivity index (χ0) is 73.8. The summed E-state index contributed by atoms with van der Waals surface area (Å²) >= 11 is 0. The van der Waals surface area contributed by atoms with Gasteiger partial charge in [0.2, 0.25) is 0 Å². The van der Waals surface area contributed by atoms with Gasteiger partial charge in [0, 0.05) is 62.0 Å². The average Bonchev–Trinajstić information content (AvgIpc) is 1.68. The molecule has 1 heterocycles. The van der Waals surface area contributed by atoms with Crippen LogP contribution >= 0.6 is 0 Å². The molecular formula is C56H39N3O. The summed E-state index contributed by atoms with van der Waals surface area (Å²) < 4.78 is 363. The van der Waals surface area contributed by atoms with Crippen LogP contribution in [0.15, 0.2) is 240 Å². The van der Waals surface area contributed by atoms with Crippen LogP contribution in [0, 0.1) is 0 Å². The number of hydrogen-bond donors (Lipinski definition) is 0. The molecular weight excluding hydrogens is 731 g/mol. The first-order valence-corrected chi connectivity index (χ1v) is 17.2. The first-order chi connectivity index (χ1) is 46.0. The zero-order valence-corrected chi connectivity index (χ0v) is 29.7. The van der Waals surface area contributed by atoms with E-state index < -0.39 is 330 Å². The van der Waals surface area contributed by atoms with Gasteiger partial charge in [0.15, 0.2) is 0 Å². The van der Waals surface area contributed by atoms with E-state index in [1.54, 1.807) is 0 Å². The van der Waals surface area contributed by atoms with Crippen molar-refractivity contribution in [3.63, 3.8) is 0 Å². The Balaban J connectivity index is 1.38. The lowest BCUT2D eigenvalue weighted by Crippen LogP contribution is -2.14. The molecule has 10 aromatic carbocycles. The molecule has 60 heavy (non-hydrogen) atoms. The first kappa shape index (κ1) is 13.2. The van der Waals surface area contributed by atoms with Gasteiger partial charge in [-0.15, -0.1) is 0 Å². The van der Waals surface area contributed by atoms with Crippen LogP contribution in [0.25, 0.3) is 43.5 Å². The molecule has 0 atom stereocenters. The van der Waals surface area contributed by atoms with Crippen molar-refractivity contribution in [2.24, 2.45) is 0 Å². The lowest BCUT2D eigenvalue weighted by atomic mass is 9.99. The summed E-state index contributed by atoms with van der Waals surface area (Å²) in [6, 6.07) is -48.1. The van der Waals surface area contributed by atoms with Crippen molar-refractivity contribution in [3.05, 3.63) is 236 Å². The molecule has 4 nitrogen and oxygen atoms in total. The fourth-order valence-electron chi connectivity index (χ4n) is 6.11. The number of furan rings is 1. The molecule has 1 aromatic heterocycles. The maximum atomic E-state index is 10.4. The number of rotatable bonds is 9. The van der Waals surface area contributed by atoms with Gasteiger partial charge >= 0.3 is 0 Å². The third kappa shape index (κ3) is 6.37. The van der Waals surface area contributed by atoms with Crippen LogP contribution in [0.2, 0.25) is 0 Å². The Labute approximate surface area is 403 Å². The van der Waals surface area contributed by atoms with Crippen molar-refractivity contribution in [2.75, 3.05) is 14.7 Å². The van der Waals surface area contributed by atoms with Crippen molar-refractivity contribution >= 4 is 94.7 Å². The highest BCUT2D eigenvalue weighted by Gasteiger charge is 2.20. The van der Waals surface area contributed by atoms with Crippen molar-refractivity contribution < 1.29 is 57.9 Å². The molecule has 0 aliphatic heterocycles. The molecule has 284 valence electrons. The van der Waals surface area contributed by atoms with Crippen LogP contribution in [0.4, 0.5) is 51.2 Å². The molecule has 11 aromatic rings. The second kappa shape index (κ2) is 15.0. The van der Waals surface area contributed by atoms with Gasteiger partial charge in [-0.3, -0.25) is 0 Å². The highest BCUT2D eigenvalue weighted by Crippen LogP contribution is 2.44. The molecule has 0 aliphatic rings. The summed E-state index contributed by atoms with van der Waals surface area (Å²) in [5, 5.41) is -4.32. The monoisotopic (exact) mass is 809 g/mol. The molecule has 0 unspecified atom stereocenters. The highest BCUT2D eigenvalue weighted by molar-refractivity contribution is 6.17. The number of hydrogen-bond acceptors (Lipinski definition) is 4. The smallest absolute Gasteiger partial charge is 0.136 e. The van der Waals surface area contributed by atoms with Crippen LogP contribution in [0.3, 0.4) is 0 Å². The van der Waals surface area contributed by atoms with Crippen LogP contribution in [-0.4, -0.2) is 0 Å². The number of benzene rings is 10. The van der Waals surface area contributed by atoms with Crippen molar-refractivity contribution in [1.29, 1.82) is 0 Å². The van der Waals surface area contributed by atoms with E-state index in [4.69, 9.17) is 31.8 Å². The van der Waals surface area contributed by atoms with Crippen LogP contribution in [0.1, 0.15) is 53.5 Å². The lowest BCUT2D eigenvalue weighted by molar-refractivity contribution is 0.669. The minimum absolute atomic E-state index is 0.0896. The van der Waals surface area contributed by atoms with Crippen molar-refractivity contribution in [1.82, 2.24) is 0 Å². The highest BCUT2D eigenvalue weighted by atomic mass is 16.3. The van der Waals surface area contributed by atoms with Crippen molar-refractivity contribution in [2.45, 2.75) is 0 Å². The second-order valence-electron chi connectivity index (χ2n) is 12.0. The summed E-state index contributed by atoms with van der Waals surface area (Å²) in [4.78, 5) is 0.460. The van der Waals surface area contributed by atoms with Gasteiger partial charge in [-0.1, -0.05) is 121 Å². The Bertz CT molecular complexity index is 5410. The molecule has 0 saturated heterocycles. The molecule has 0 saturated carbocycles. The van der Waals surface area contributed by atoms with Gasteiger partial charge < -0.3 is 19.1 Å². The normalized spacial score (nSPS) is 20.4. The molecule has 4 heteroatoms. The van der Waals surface area contributed by atoms with Crippen LogP contribution in [0.5, 0.6) is 0 Å². The zero-order valence-electron chi connectivity index (χ0n) is 68.7. The summed E-state index contributed by atoms with van der Waals surface area (Å²) in [5.74, 6) is 0. The second-order valence-corrected chi connectivity index (χ2v) is 12.0. The molecule has 11 rings (SSSR count). The average molecular weight is 809 g/mol. The minimum atomic E-state index is -1.64. The van der Waals surface area contributed by atoms with Crippen molar-refractivity contribution in [3.8, 4) is 0 Å². The molecule has 0 radical (unpaired) electrons. The fraction of sp³-hybridized carbons (Fsp3) is 0. The minimum Gasteiger partial charge on any atom is -0.456 e. The van der Waals surface area contributed by atoms with Gasteiger partial charge in [0.05, 0.1) is 53.5 Å². The van der Waals surface area contributed by atoms with E-state index >= 15 is 0 Å². The molecule has 0 amide bonds. The predicted molar refractivity (Wildman–Crippen MR) is 253 cm³/mol. The van der Waals surface area contributed by atoms with E-state index in [0.29, 0.717) is 0 Å². The molecule has 0 spiro atoms. The first-order valence-electron chi connectivity index (χ1n) is 36.7. The fourth-order valence-corrected chi connectivity index (χ4v) is 6.11. The van der Waals surface area contributed by atoms with E-state index in [1.165, 1.54) is 0 Å². The van der Waals surface area contributed by atoms with Gasteiger partial charge in [0.1, 0.15) is 11.2 Å². The predicted octanol–water partition coefficient (Wildman–Crippen LogP) is 16.3. The summed E-state index contributed by atoms with van der Waals surface area (Å²) in [6.45, 7) is 0. The van der Waals surface area contributed by atoms with E-state index in [9.17, 15) is 26.0 Å². The van der Waals surface area contributed by atoms with E-state index in [0.717, 1.165) is 0 Å². The quantitative estimate of drug-likeness (QED) is 0.136. The summed E-state index contributed by atoms with van der Waals surface area (Å²) in [7, 11) is 0. The van der Waals surface area contributed by atoms with Gasteiger partial charge in [-0.25, -0.2) is 0 Å². The molecule has 0 fully saturated rings. The lowest BCUT2D eigenvalue weighted by Gasteiger charge is -2.31. The third-order valence-electron chi connectivity index (χ3n) is 8.59. The van der Waals surface area contributed by atoms with E-state index in [-0.39, 0.29) is 14.7 Å². The largest absolute Gasteiger partial charge is 0.456 e. The molecule has 0 aliphatic carbocycles. The number of anilines is 9. The summed E-state index contributed by atoms with van der Waals surface area (Å²) in [5.41, 5.74) is -13.5.